The molecule has 2 N–H and O–H groups in total. The largest absolute Gasteiger partial charge is 0.342 e. The van der Waals surface area contributed by atoms with Gasteiger partial charge in [-0.15, -0.1) is 0 Å². The van der Waals surface area contributed by atoms with Gasteiger partial charge in [0.25, 0.3) is 0 Å². The van der Waals surface area contributed by atoms with Crippen LogP contribution in [0.15, 0.2) is 71.6 Å². The summed E-state index contributed by atoms with van der Waals surface area (Å²) in [6.07, 6.45) is 2.16. The molecule has 1 aromatic heterocycles. The molecule has 3 aromatic rings. The Morgan fingerprint density at radius 3 is 2.47 bits per heavy atom. The molecule has 1 aliphatic heterocycles. The fraction of sp³-hybridized carbons (Fsp3) is 0.280. The summed E-state index contributed by atoms with van der Waals surface area (Å²) in [5.41, 5.74) is 5.07. The highest BCUT2D eigenvalue weighted by Gasteiger charge is 2.26. The Hall–Kier alpha value is -3.03. The number of benzene rings is 2. The molecule has 0 saturated carbocycles. The highest BCUT2D eigenvalue weighted by molar-refractivity contribution is 7.89. The third-order valence-corrected chi connectivity index (χ3v) is 6.81. The van der Waals surface area contributed by atoms with Crippen LogP contribution < -0.4 is 5.14 Å². The second-order valence-electron chi connectivity index (χ2n) is 8.33. The number of amides is 1. The Kier molecular flexibility index (Phi) is 6.39. The molecule has 0 spiro atoms. The van der Waals surface area contributed by atoms with Crippen molar-refractivity contribution < 1.29 is 13.2 Å². The van der Waals surface area contributed by atoms with Crippen LogP contribution in [0.25, 0.3) is 11.1 Å². The number of carbonyl (C=O) groups is 1. The normalized spacial score (nSPS) is 16.7. The number of rotatable bonds is 5. The van der Waals surface area contributed by atoms with Gasteiger partial charge in [-0.25, -0.2) is 13.6 Å². The molecule has 4 rings (SSSR count). The zero-order chi connectivity index (χ0) is 22.7. The van der Waals surface area contributed by atoms with E-state index >= 15 is 0 Å². The number of piperidine rings is 1. The maximum Gasteiger partial charge on any atom is 0.238 e. The molecular weight excluding hydrogens is 422 g/mol. The molecule has 2 aromatic carbocycles. The summed E-state index contributed by atoms with van der Waals surface area (Å²) >= 11 is 0. The highest BCUT2D eigenvalue weighted by atomic mass is 32.2. The molecule has 2 heterocycles. The van der Waals surface area contributed by atoms with Crippen molar-refractivity contribution in [1.29, 1.82) is 0 Å². The topological polar surface area (TPSA) is 93.4 Å². The zero-order valence-electron chi connectivity index (χ0n) is 18.1. The number of pyridine rings is 1. The molecule has 1 saturated heterocycles. The van der Waals surface area contributed by atoms with Crippen LogP contribution in [0.2, 0.25) is 0 Å². The minimum atomic E-state index is -3.74. The van der Waals surface area contributed by atoms with Crippen molar-refractivity contribution >= 4 is 15.9 Å². The smallest absolute Gasteiger partial charge is 0.238 e. The molecule has 6 nitrogen and oxygen atoms in total. The van der Waals surface area contributed by atoms with Crippen LogP contribution in [-0.4, -0.2) is 37.3 Å². The minimum absolute atomic E-state index is 0.0361. The van der Waals surface area contributed by atoms with Crippen LogP contribution in [-0.2, 0) is 21.2 Å². The maximum absolute atomic E-state index is 12.9. The molecule has 0 aliphatic carbocycles. The van der Waals surface area contributed by atoms with Gasteiger partial charge < -0.3 is 4.90 Å². The van der Waals surface area contributed by atoms with Crippen molar-refractivity contribution in [1.82, 2.24) is 9.88 Å². The Bertz CT molecular complexity index is 1210. The van der Waals surface area contributed by atoms with E-state index in [1.807, 2.05) is 30.0 Å². The predicted molar refractivity (Wildman–Crippen MR) is 124 cm³/mol. The number of nitrogens with two attached hydrogens (primary N) is 1. The molecule has 32 heavy (non-hydrogen) atoms. The van der Waals surface area contributed by atoms with E-state index in [-0.39, 0.29) is 23.1 Å². The van der Waals surface area contributed by atoms with Crippen molar-refractivity contribution in [2.75, 3.05) is 13.1 Å². The van der Waals surface area contributed by atoms with Crippen LogP contribution in [0.4, 0.5) is 0 Å². The Morgan fingerprint density at radius 2 is 1.78 bits per heavy atom. The number of likely N-dealkylation sites (tertiary alicyclic amines) is 1. The quantitative estimate of drug-likeness (QED) is 0.643. The first-order valence-electron chi connectivity index (χ1n) is 10.7. The lowest BCUT2D eigenvalue weighted by Gasteiger charge is -2.33. The standard InChI is InChI=1S/C25H27N3O3S/c1-18-14-22(20-6-3-2-4-7-20)16-24(27-18)21-8-5-13-28(17-21)25(29)15-19-9-11-23(12-10-19)32(26,30)31/h2-4,6-7,9-12,14,16,21H,5,8,13,15,17H2,1H3,(H2,26,30,31). The first-order valence-corrected chi connectivity index (χ1v) is 12.3. The van der Waals surface area contributed by atoms with Crippen molar-refractivity contribution in [3.8, 4) is 11.1 Å². The average molecular weight is 450 g/mol. The number of primary sulfonamides is 1. The van der Waals surface area contributed by atoms with E-state index in [2.05, 4.69) is 24.3 Å². The third kappa shape index (κ3) is 5.23. The minimum Gasteiger partial charge on any atom is -0.342 e. The van der Waals surface area contributed by atoms with Gasteiger partial charge in [0.05, 0.1) is 11.3 Å². The maximum atomic E-state index is 12.9. The summed E-state index contributed by atoms with van der Waals surface area (Å²) in [6, 6.07) is 20.7. The van der Waals surface area contributed by atoms with Crippen molar-refractivity contribution in [3.63, 3.8) is 0 Å². The van der Waals surface area contributed by atoms with Crippen molar-refractivity contribution in [2.24, 2.45) is 5.14 Å². The SMILES string of the molecule is Cc1cc(-c2ccccc2)cc(C2CCCN(C(=O)Cc3ccc(S(N)(=O)=O)cc3)C2)n1. The molecule has 1 aliphatic rings. The van der Waals surface area contributed by atoms with Crippen LogP contribution in [0.1, 0.15) is 35.7 Å². The van der Waals surface area contributed by atoms with Crippen LogP contribution in [0.5, 0.6) is 0 Å². The summed E-state index contributed by atoms with van der Waals surface area (Å²) in [7, 11) is -3.74. The summed E-state index contributed by atoms with van der Waals surface area (Å²) in [5.74, 6) is 0.230. The second-order valence-corrected chi connectivity index (χ2v) is 9.89. The average Bonchev–Trinajstić information content (AvgIpc) is 2.79. The van der Waals surface area contributed by atoms with Crippen LogP contribution >= 0.6 is 0 Å². The van der Waals surface area contributed by atoms with E-state index < -0.39 is 10.0 Å². The van der Waals surface area contributed by atoms with E-state index in [0.717, 1.165) is 47.5 Å². The van der Waals surface area contributed by atoms with Gasteiger partial charge in [0.2, 0.25) is 15.9 Å². The molecule has 7 heteroatoms. The Labute approximate surface area is 189 Å². The number of hydrogen-bond acceptors (Lipinski definition) is 4. The number of sulfonamides is 1. The third-order valence-electron chi connectivity index (χ3n) is 5.88. The van der Waals surface area contributed by atoms with Gasteiger partial charge in [-0.05, 0) is 60.7 Å². The molecule has 1 atom stereocenters. The fourth-order valence-electron chi connectivity index (χ4n) is 4.23. The molecular formula is C25H27N3O3S. The lowest BCUT2D eigenvalue weighted by Crippen LogP contribution is -2.40. The van der Waals surface area contributed by atoms with Gasteiger partial charge in [-0.2, -0.15) is 0 Å². The summed E-state index contributed by atoms with van der Waals surface area (Å²) in [6.45, 7) is 3.37. The Morgan fingerprint density at radius 1 is 1.06 bits per heavy atom. The second kappa shape index (κ2) is 9.22. The number of aromatic nitrogens is 1. The number of hydrogen-bond donors (Lipinski definition) is 1. The molecule has 166 valence electrons. The van der Waals surface area contributed by atoms with E-state index in [0.29, 0.717) is 6.54 Å². The van der Waals surface area contributed by atoms with Crippen molar-refractivity contribution in [3.05, 3.63) is 83.7 Å². The summed E-state index contributed by atoms with van der Waals surface area (Å²) < 4.78 is 22.8. The van der Waals surface area contributed by atoms with Gasteiger partial charge >= 0.3 is 0 Å². The van der Waals surface area contributed by atoms with Gasteiger partial charge in [0, 0.05) is 30.4 Å². The first kappa shape index (κ1) is 22.2. The number of nitrogens with zero attached hydrogens (tertiary/aromatic N) is 2. The lowest BCUT2D eigenvalue weighted by atomic mass is 9.92. The number of aryl methyl sites for hydroxylation is 1. The van der Waals surface area contributed by atoms with Gasteiger partial charge in [0.1, 0.15) is 0 Å². The Balaban J connectivity index is 1.48. The summed E-state index contributed by atoms with van der Waals surface area (Å²) in [5, 5.41) is 5.14. The monoisotopic (exact) mass is 449 g/mol. The molecule has 1 fully saturated rings. The summed E-state index contributed by atoms with van der Waals surface area (Å²) in [4.78, 5) is 19.7. The molecule has 1 unspecified atom stereocenters. The van der Waals surface area contributed by atoms with Gasteiger partial charge in [-0.3, -0.25) is 9.78 Å². The molecule has 0 bridgehead atoms. The molecule has 0 radical (unpaired) electrons. The van der Waals surface area contributed by atoms with Gasteiger partial charge in [0.15, 0.2) is 0 Å². The van der Waals surface area contributed by atoms with Crippen molar-refractivity contribution in [2.45, 2.75) is 37.0 Å². The van der Waals surface area contributed by atoms with E-state index in [1.165, 1.54) is 12.1 Å². The highest BCUT2D eigenvalue weighted by Crippen LogP contribution is 2.30. The lowest BCUT2D eigenvalue weighted by molar-refractivity contribution is -0.131. The molecule has 1 amide bonds. The van der Waals surface area contributed by atoms with E-state index in [9.17, 15) is 13.2 Å². The van der Waals surface area contributed by atoms with E-state index in [1.54, 1.807) is 12.1 Å². The zero-order valence-corrected chi connectivity index (χ0v) is 18.9. The predicted octanol–water partition coefficient (Wildman–Crippen LogP) is 3.65. The van der Waals surface area contributed by atoms with Gasteiger partial charge in [-0.1, -0.05) is 42.5 Å². The van der Waals surface area contributed by atoms with Crippen LogP contribution in [0, 0.1) is 6.92 Å². The van der Waals surface area contributed by atoms with E-state index in [4.69, 9.17) is 10.1 Å². The first-order chi connectivity index (χ1) is 15.3. The fourth-order valence-corrected chi connectivity index (χ4v) is 4.74. The van der Waals surface area contributed by atoms with Crippen LogP contribution in [0.3, 0.4) is 0 Å². The number of carbonyl (C=O) groups excluding carboxylic acids is 1.